The Balaban J connectivity index is 1.88. The van der Waals surface area contributed by atoms with Crippen molar-refractivity contribution in [3.05, 3.63) is 99.5 Å². The Labute approximate surface area is 164 Å². The third-order valence-electron chi connectivity index (χ3n) is 5.16. The van der Waals surface area contributed by atoms with Crippen molar-refractivity contribution in [2.75, 3.05) is 0 Å². The summed E-state index contributed by atoms with van der Waals surface area (Å²) in [7, 11) is 0. The number of allylic oxidation sites excluding steroid dienone is 1. The second-order valence-electron chi connectivity index (χ2n) is 6.77. The Kier molecular flexibility index (Phi) is 3.65. The number of benzene rings is 3. The van der Waals surface area contributed by atoms with Crippen molar-refractivity contribution in [2.45, 2.75) is 5.92 Å². The fraction of sp³-hybridized carbons (Fsp3) is 0.0435. The Morgan fingerprint density at radius 1 is 1.00 bits per heavy atom. The largest absolute Gasteiger partial charge is 0.439 e. The molecule has 5 rings (SSSR count). The van der Waals surface area contributed by atoms with Crippen LogP contribution in [-0.4, -0.2) is 0 Å². The lowest BCUT2D eigenvalue weighted by atomic mass is 9.84. The highest BCUT2D eigenvalue weighted by Gasteiger charge is 2.35. The van der Waals surface area contributed by atoms with Crippen LogP contribution in [0.25, 0.3) is 21.7 Å². The van der Waals surface area contributed by atoms with Gasteiger partial charge in [-0.1, -0.05) is 42.5 Å². The predicted molar refractivity (Wildman–Crippen MR) is 106 cm³/mol. The Morgan fingerprint density at radius 2 is 1.76 bits per heavy atom. The fourth-order valence-electron chi connectivity index (χ4n) is 3.84. The van der Waals surface area contributed by atoms with Crippen molar-refractivity contribution in [1.29, 1.82) is 5.26 Å². The normalized spacial score (nSPS) is 15.8. The summed E-state index contributed by atoms with van der Waals surface area (Å²) < 4.78 is 24.9. The van der Waals surface area contributed by atoms with Crippen LogP contribution in [0, 0.1) is 17.1 Å². The van der Waals surface area contributed by atoms with E-state index in [9.17, 15) is 14.4 Å². The van der Waals surface area contributed by atoms with E-state index < -0.39 is 17.4 Å². The van der Waals surface area contributed by atoms with Gasteiger partial charge in [-0.15, -0.1) is 0 Å². The molecule has 6 heteroatoms. The molecule has 1 aromatic heterocycles. The lowest BCUT2D eigenvalue weighted by Gasteiger charge is -2.26. The molecule has 2 N–H and O–H groups in total. The fourth-order valence-corrected chi connectivity index (χ4v) is 3.84. The van der Waals surface area contributed by atoms with E-state index in [1.807, 2.05) is 36.4 Å². The average molecular weight is 384 g/mol. The molecule has 4 aromatic rings. The molecule has 5 nitrogen and oxygen atoms in total. The van der Waals surface area contributed by atoms with Crippen LogP contribution in [0.2, 0.25) is 0 Å². The van der Waals surface area contributed by atoms with Gasteiger partial charge in [-0.25, -0.2) is 9.18 Å². The Hall–Kier alpha value is -4.11. The van der Waals surface area contributed by atoms with Crippen molar-refractivity contribution < 1.29 is 13.5 Å². The zero-order valence-corrected chi connectivity index (χ0v) is 15.0. The van der Waals surface area contributed by atoms with E-state index in [0.717, 1.165) is 10.8 Å². The van der Waals surface area contributed by atoms with Crippen LogP contribution in [0.3, 0.4) is 0 Å². The van der Waals surface area contributed by atoms with Crippen molar-refractivity contribution in [3.63, 3.8) is 0 Å². The molecule has 0 fully saturated rings. The monoisotopic (exact) mass is 384 g/mol. The van der Waals surface area contributed by atoms with Crippen LogP contribution in [0.1, 0.15) is 17.0 Å². The van der Waals surface area contributed by atoms with Crippen molar-refractivity contribution >= 4 is 21.7 Å². The molecule has 1 aliphatic heterocycles. The molecule has 0 saturated carbocycles. The topological polar surface area (TPSA) is 89.3 Å². The zero-order chi connectivity index (χ0) is 20.1. The first-order valence-corrected chi connectivity index (χ1v) is 8.90. The number of fused-ring (bicyclic) bond motifs is 5. The van der Waals surface area contributed by atoms with Crippen LogP contribution < -0.4 is 16.1 Å². The maximum atomic E-state index is 13.4. The molecule has 1 aliphatic rings. The zero-order valence-electron chi connectivity index (χ0n) is 15.0. The van der Waals surface area contributed by atoms with Crippen LogP contribution in [0.15, 0.2) is 81.3 Å². The molecule has 2 heterocycles. The molecule has 0 saturated heterocycles. The van der Waals surface area contributed by atoms with Gasteiger partial charge < -0.3 is 14.9 Å². The molecule has 3 aromatic carbocycles. The van der Waals surface area contributed by atoms with Gasteiger partial charge in [0.05, 0.1) is 16.9 Å². The van der Waals surface area contributed by atoms with Crippen molar-refractivity contribution in [3.8, 4) is 11.8 Å². The first-order valence-electron chi connectivity index (χ1n) is 8.90. The van der Waals surface area contributed by atoms with Crippen molar-refractivity contribution in [1.82, 2.24) is 0 Å². The average Bonchev–Trinajstić information content (AvgIpc) is 2.73. The third kappa shape index (κ3) is 2.48. The summed E-state index contributed by atoms with van der Waals surface area (Å²) in [6.07, 6.45) is 0. The number of halogens is 1. The van der Waals surface area contributed by atoms with Crippen LogP contribution in [-0.2, 0) is 0 Å². The molecule has 140 valence electrons. The number of hydrogen-bond donors (Lipinski definition) is 1. The van der Waals surface area contributed by atoms with Crippen LogP contribution in [0.5, 0.6) is 5.75 Å². The number of ether oxygens (including phenoxy) is 1. The molecule has 0 bridgehead atoms. The summed E-state index contributed by atoms with van der Waals surface area (Å²) in [6, 6.07) is 18.8. The van der Waals surface area contributed by atoms with Gasteiger partial charge in [-0.3, -0.25) is 0 Å². The van der Waals surface area contributed by atoms with Crippen molar-refractivity contribution in [2.24, 2.45) is 5.73 Å². The molecular weight excluding hydrogens is 371 g/mol. The minimum absolute atomic E-state index is 0.0801. The summed E-state index contributed by atoms with van der Waals surface area (Å²) in [5, 5.41) is 11.9. The summed E-state index contributed by atoms with van der Waals surface area (Å²) in [5.41, 5.74) is 6.60. The standard InChI is InChI=1S/C23H13FN2O3/c24-14-8-5-13(6-9-14)18-17(11-25)22(26)28-21-16-10-7-12-3-1-2-4-15(12)20(16)29-23(27)19(18)21/h1-10,18H,26H2. The quantitative estimate of drug-likeness (QED) is 0.390. The molecule has 0 spiro atoms. The predicted octanol–water partition coefficient (Wildman–Crippen LogP) is 4.30. The highest BCUT2D eigenvalue weighted by Crippen LogP contribution is 2.44. The molecule has 0 amide bonds. The first kappa shape index (κ1) is 17.0. The maximum absolute atomic E-state index is 13.4. The molecular formula is C23H13FN2O3. The smallest absolute Gasteiger partial charge is 0.344 e. The summed E-state index contributed by atoms with van der Waals surface area (Å²) in [6.45, 7) is 0. The van der Waals surface area contributed by atoms with E-state index >= 15 is 0 Å². The SMILES string of the molecule is N#CC1=C(N)Oc2c(c(=O)oc3c2ccc2ccccc23)C1c1ccc(F)cc1. The van der Waals surface area contributed by atoms with E-state index in [-0.39, 0.29) is 22.8 Å². The van der Waals surface area contributed by atoms with E-state index in [0.29, 0.717) is 16.5 Å². The van der Waals surface area contributed by atoms with E-state index in [1.54, 1.807) is 6.07 Å². The van der Waals surface area contributed by atoms with Gasteiger partial charge in [0.1, 0.15) is 23.0 Å². The lowest BCUT2D eigenvalue weighted by Crippen LogP contribution is -2.26. The van der Waals surface area contributed by atoms with Gasteiger partial charge in [0, 0.05) is 5.39 Å². The highest BCUT2D eigenvalue weighted by molar-refractivity contribution is 6.06. The maximum Gasteiger partial charge on any atom is 0.344 e. The summed E-state index contributed by atoms with van der Waals surface area (Å²) >= 11 is 0. The second kappa shape index (κ2) is 6.21. The molecule has 1 unspecified atom stereocenters. The molecule has 0 radical (unpaired) electrons. The van der Waals surface area contributed by atoms with Gasteiger partial charge in [-0.2, -0.15) is 5.26 Å². The molecule has 0 aliphatic carbocycles. The minimum atomic E-state index is -0.809. The number of nitrogens with two attached hydrogens (primary N) is 1. The van der Waals surface area contributed by atoms with Crippen LogP contribution in [0.4, 0.5) is 4.39 Å². The number of rotatable bonds is 1. The van der Waals surface area contributed by atoms with Gasteiger partial charge in [0.25, 0.3) is 0 Å². The number of hydrogen-bond acceptors (Lipinski definition) is 5. The molecule has 1 atom stereocenters. The van der Waals surface area contributed by atoms with Gasteiger partial charge >= 0.3 is 5.63 Å². The second-order valence-corrected chi connectivity index (χ2v) is 6.77. The van der Waals surface area contributed by atoms with E-state index in [1.165, 1.54) is 24.3 Å². The summed E-state index contributed by atoms with van der Waals surface area (Å²) in [4.78, 5) is 13.0. The Bertz CT molecular complexity index is 1430. The van der Waals surface area contributed by atoms with E-state index in [2.05, 4.69) is 0 Å². The van der Waals surface area contributed by atoms with Gasteiger partial charge in [0.2, 0.25) is 5.88 Å². The highest BCUT2D eigenvalue weighted by atomic mass is 19.1. The molecule has 29 heavy (non-hydrogen) atoms. The Morgan fingerprint density at radius 3 is 2.52 bits per heavy atom. The summed E-state index contributed by atoms with van der Waals surface area (Å²) in [5.74, 6) is -1.06. The van der Waals surface area contributed by atoms with E-state index in [4.69, 9.17) is 14.9 Å². The van der Waals surface area contributed by atoms with Gasteiger partial charge in [-0.05, 0) is 29.1 Å². The van der Waals surface area contributed by atoms with Gasteiger partial charge in [0.15, 0.2) is 5.75 Å². The number of nitriles is 1. The first-order chi connectivity index (χ1) is 14.1. The lowest BCUT2D eigenvalue weighted by molar-refractivity contribution is 0.388. The number of nitrogens with zero attached hydrogens (tertiary/aromatic N) is 1. The van der Waals surface area contributed by atoms with Crippen LogP contribution >= 0.6 is 0 Å². The third-order valence-corrected chi connectivity index (χ3v) is 5.16. The minimum Gasteiger partial charge on any atom is -0.439 e.